The lowest BCUT2D eigenvalue weighted by Gasteiger charge is -2.34. The molecule has 0 aromatic rings. The summed E-state index contributed by atoms with van der Waals surface area (Å²) in [4.78, 5) is 13.1. The van der Waals surface area contributed by atoms with Crippen molar-refractivity contribution >= 4 is 5.91 Å². The molecule has 2 unspecified atom stereocenters. The molecule has 2 rings (SSSR count). The first-order chi connectivity index (χ1) is 9.63. The molecule has 5 nitrogen and oxygen atoms in total. The Morgan fingerprint density at radius 1 is 1.35 bits per heavy atom. The zero-order valence-corrected chi connectivity index (χ0v) is 12.7. The molecule has 0 aromatic heterocycles. The Morgan fingerprint density at radius 2 is 2.10 bits per heavy atom. The van der Waals surface area contributed by atoms with Gasteiger partial charge in [-0.3, -0.25) is 9.69 Å². The lowest BCUT2D eigenvalue weighted by molar-refractivity contribution is -0.119. The average Bonchev–Trinajstić information content (AvgIpc) is 2.41. The van der Waals surface area contributed by atoms with Crippen molar-refractivity contribution in [1.29, 1.82) is 0 Å². The first-order valence-corrected chi connectivity index (χ1v) is 8.13. The van der Waals surface area contributed by atoms with E-state index < -0.39 is 0 Å². The topological polar surface area (TPSA) is 70.4 Å². The van der Waals surface area contributed by atoms with Crippen molar-refractivity contribution in [3.63, 3.8) is 0 Å². The third-order valence-electron chi connectivity index (χ3n) is 4.54. The predicted octanol–water partition coefficient (Wildman–Crippen LogP) is 0.446. The van der Waals surface area contributed by atoms with E-state index in [9.17, 15) is 4.79 Å². The number of nitrogens with two attached hydrogens (primary N) is 1. The number of hydrogen-bond donors (Lipinski definition) is 3. The molecule has 0 aliphatic carbocycles. The minimum atomic E-state index is -0.215. The number of nitrogens with one attached hydrogen (secondary N) is 2. The maximum atomic E-state index is 10.9. The van der Waals surface area contributed by atoms with Crippen LogP contribution in [0.1, 0.15) is 45.4 Å². The lowest BCUT2D eigenvalue weighted by atomic mass is 9.97. The molecule has 2 aliphatic heterocycles. The Morgan fingerprint density at radius 3 is 2.70 bits per heavy atom. The van der Waals surface area contributed by atoms with E-state index >= 15 is 0 Å². The van der Waals surface area contributed by atoms with Crippen LogP contribution in [-0.2, 0) is 4.79 Å². The van der Waals surface area contributed by atoms with Crippen LogP contribution in [0.15, 0.2) is 0 Å². The maximum absolute atomic E-state index is 10.9. The number of carbonyl (C=O) groups excluding carboxylic acids is 1. The van der Waals surface area contributed by atoms with Crippen molar-refractivity contribution in [2.75, 3.05) is 26.2 Å². The molecule has 2 atom stereocenters. The van der Waals surface area contributed by atoms with E-state index in [1.165, 1.54) is 32.2 Å². The van der Waals surface area contributed by atoms with Gasteiger partial charge >= 0.3 is 0 Å². The Bertz CT molecular complexity index is 296. The molecular formula is C15H30N4O. The summed E-state index contributed by atoms with van der Waals surface area (Å²) in [6, 6.07) is 1.86. The van der Waals surface area contributed by atoms with Crippen LogP contribution in [0.25, 0.3) is 0 Å². The molecule has 2 saturated heterocycles. The van der Waals surface area contributed by atoms with Gasteiger partial charge in [0.15, 0.2) is 0 Å². The summed E-state index contributed by atoms with van der Waals surface area (Å²) < 4.78 is 0. The van der Waals surface area contributed by atoms with Crippen LogP contribution in [0.5, 0.6) is 0 Å². The second kappa shape index (κ2) is 7.96. The summed E-state index contributed by atoms with van der Waals surface area (Å²) in [6.45, 7) is 5.85. The number of primary amides is 1. The molecular weight excluding hydrogens is 252 g/mol. The number of hydrogen-bond acceptors (Lipinski definition) is 4. The minimum Gasteiger partial charge on any atom is -0.369 e. The first kappa shape index (κ1) is 15.7. The summed E-state index contributed by atoms with van der Waals surface area (Å²) in [5, 5.41) is 7.37. The van der Waals surface area contributed by atoms with E-state index in [0.717, 1.165) is 25.9 Å². The third kappa shape index (κ3) is 5.38. The fourth-order valence-corrected chi connectivity index (χ4v) is 3.50. The highest BCUT2D eigenvalue weighted by molar-refractivity contribution is 5.75. The highest BCUT2D eigenvalue weighted by Gasteiger charge is 2.22. The zero-order chi connectivity index (χ0) is 14.4. The summed E-state index contributed by atoms with van der Waals surface area (Å²) in [7, 11) is 0. The van der Waals surface area contributed by atoms with Crippen LogP contribution < -0.4 is 16.4 Å². The van der Waals surface area contributed by atoms with Crippen LogP contribution in [-0.4, -0.2) is 55.1 Å². The van der Waals surface area contributed by atoms with Crippen molar-refractivity contribution in [2.24, 2.45) is 5.73 Å². The molecule has 0 spiro atoms. The van der Waals surface area contributed by atoms with Crippen LogP contribution in [0.2, 0.25) is 0 Å². The Labute approximate surface area is 122 Å². The molecule has 0 aromatic carbocycles. The molecule has 0 saturated carbocycles. The van der Waals surface area contributed by atoms with E-state index in [1.807, 2.05) is 0 Å². The van der Waals surface area contributed by atoms with E-state index in [4.69, 9.17) is 5.73 Å². The summed E-state index contributed by atoms with van der Waals surface area (Å²) >= 11 is 0. The van der Waals surface area contributed by atoms with Crippen molar-refractivity contribution in [3.8, 4) is 0 Å². The van der Waals surface area contributed by atoms with Crippen molar-refractivity contribution in [1.82, 2.24) is 15.5 Å². The largest absolute Gasteiger partial charge is 0.369 e. The normalized spacial score (nSPS) is 27.4. The van der Waals surface area contributed by atoms with Crippen molar-refractivity contribution in [3.05, 3.63) is 0 Å². The number of nitrogens with zero attached hydrogens (tertiary/aromatic N) is 1. The monoisotopic (exact) mass is 282 g/mol. The third-order valence-corrected chi connectivity index (χ3v) is 4.54. The first-order valence-electron chi connectivity index (χ1n) is 8.13. The van der Waals surface area contributed by atoms with Crippen LogP contribution in [0.3, 0.4) is 0 Å². The molecule has 1 amide bonds. The van der Waals surface area contributed by atoms with Crippen LogP contribution in [0.4, 0.5) is 0 Å². The number of piperidine rings is 2. The van der Waals surface area contributed by atoms with E-state index in [2.05, 4.69) is 22.5 Å². The summed E-state index contributed by atoms with van der Waals surface area (Å²) in [5.74, 6) is -0.215. The van der Waals surface area contributed by atoms with Gasteiger partial charge in [-0.25, -0.2) is 0 Å². The van der Waals surface area contributed by atoms with Crippen LogP contribution in [0, 0.1) is 0 Å². The Kier molecular flexibility index (Phi) is 6.26. The maximum Gasteiger partial charge on any atom is 0.231 e. The zero-order valence-electron chi connectivity index (χ0n) is 12.7. The molecule has 2 heterocycles. The van der Waals surface area contributed by atoms with Gasteiger partial charge in [-0.1, -0.05) is 6.42 Å². The van der Waals surface area contributed by atoms with Gasteiger partial charge in [0.1, 0.15) is 0 Å². The number of rotatable bonds is 6. The molecule has 20 heavy (non-hydrogen) atoms. The summed E-state index contributed by atoms with van der Waals surface area (Å²) in [5.41, 5.74) is 5.24. The summed E-state index contributed by atoms with van der Waals surface area (Å²) in [6.07, 6.45) is 7.49. The quantitative estimate of drug-likeness (QED) is 0.661. The molecule has 0 radical (unpaired) electrons. The van der Waals surface area contributed by atoms with Gasteiger partial charge in [0.05, 0.1) is 6.54 Å². The highest BCUT2D eigenvalue weighted by Crippen LogP contribution is 2.15. The van der Waals surface area contributed by atoms with Gasteiger partial charge in [0.2, 0.25) is 5.91 Å². The second-order valence-corrected chi connectivity index (χ2v) is 6.47. The number of likely N-dealkylation sites (tertiary alicyclic amines) is 1. The molecule has 0 bridgehead atoms. The van der Waals surface area contributed by atoms with Crippen LogP contribution >= 0.6 is 0 Å². The van der Waals surface area contributed by atoms with E-state index in [1.54, 1.807) is 0 Å². The lowest BCUT2D eigenvalue weighted by Crippen LogP contribution is -2.48. The van der Waals surface area contributed by atoms with E-state index in [-0.39, 0.29) is 5.91 Å². The number of amides is 1. The smallest absolute Gasteiger partial charge is 0.231 e. The molecule has 5 heteroatoms. The van der Waals surface area contributed by atoms with Gasteiger partial charge in [0.25, 0.3) is 0 Å². The fraction of sp³-hybridized carbons (Fsp3) is 0.933. The second-order valence-electron chi connectivity index (χ2n) is 6.47. The SMILES string of the molecule is CC(CC1CCCCN1)NC1CCN(CC(N)=O)CC1. The fourth-order valence-electron chi connectivity index (χ4n) is 3.50. The minimum absolute atomic E-state index is 0.215. The van der Waals surface area contributed by atoms with Crippen molar-refractivity contribution in [2.45, 2.75) is 63.6 Å². The van der Waals surface area contributed by atoms with Crippen molar-refractivity contribution < 1.29 is 4.79 Å². The molecule has 116 valence electrons. The highest BCUT2D eigenvalue weighted by atomic mass is 16.1. The van der Waals surface area contributed by atoms with E-state index in [0.29, 0.717) is 24.7 Å². The van der Waals surface area contributed by atoms with Gasteiger partial charge in [-0.2, -0.15) is 0 Å². The standard InChI is InChI=1S/C15H30N4O/c1-12(10-14-4-2-3-7-17-14)18-13-5-8-19(9-6-13)11-15(16)20/h12-14,17-18H,2-11H2,1H3,(H2,16,20). The predicted molar refractivity (Wildman–Crippen MR) is 81.5 cm³/mol. The molecule has 4 N–H and O–H groups in total. The van der Waals surface area contributed by atoms with Gasteiger partial charge in [-0.15, -0.1) is 0 Å². The Hall–Kier alpha value is -0.650. The van der Waals surface area contributed by atoms with Gasteiger partial charge < -0.3 is 16.4 Å². The Balaban J connectivity index is 1.62. The van der Waals surface area contributed by atoms with Gasteiger partial charge in [-0.05, 0) is 45.6 Å². The van der Waals surface area contributed by atoms with Gasteiger partial charge in [0, 0.05) is 31.2 Å². The molecule has 2 fully saturated rings. The molecule has 2 aliphatic rings. The average molecular weight is 282 g/mol. The number of carbonyl (C=O) groups is 1.